The molecule has 0 aliphatic carbocycles. The van der Waals surface area contributed by atoms with Gasteiger partial charge in [-0.3, -0.25) is 0 Å². The smallest absolute Gasteiger partial charge is 0.226 e. The molecule has 2 aromatic heterocycles. The van der Waals surface area contributed by atoms with Crippen LogP contribution in [-0.4, -0.2) is 35.8 Å². The second kappa shape index (κ2) is 5.93. The van der Waals surface area contributed by atoms with Crippen LogP contribution in [0.2, 0.25) is 0 Å². The van der Waals surface area contributed by atoms with Crippen LogP contribution in [0.25, 0.3) is 10.2 Å². The maximum Gasteiger partial charge on any atom is 0.226 e. The highest BCUT2D eigenvalue weighted by Crippen LogP contribution is 2.29. The summed E-state index contributed by atoms with van der Waals surface area (Å²) in [5, 5.41) is 7.73. The normalized spacial score (nSPS) is 18.6. The number of aromatic nitrogens is 2. The number of thiophene rings is 1. The monoisotopic (exact) mass is 292 g/mol. The molecule has 0 spiro atoms. The number of nitrogens with zero attached hydrogens (tertiary/aromatic N) is 2. The lowest BCUT2D eigenvalue weighted by atomic mass is 10.2. The van der Waals surface area contributed by atoms with E-state index >= 15 is 0 Å². The fraction of sp³-hybridized carbons (Fsp3) is 0.571. The Balaban J connectivity index is 1.85. The van der Waals surface area contributed by atoms with Crippen LogP contribution in [0.3, 0.4) is 0 Å². The van der Waals surface area contributed by atoms with Crippen molar-refractivity contribution >= 4 is 33.3 Å². The minimum absolute atomic E-state index is 0.308. The van der Waals surface area contributed by atoms with Crippen molar-refractivity contribution < 1.29 is 4.74 Å². The van der Waals surface area contributed by atoms with Gasteiger partial charge in [0, 0.05) is 24.6 Å². The first-order chi connectivity index (χ1) is 9.76. The van der Waals surface area contributed by atoms with Gasteiger partial charge in [-0.15, -0.1) is 11.3 Å². The summed E-state index contributed by atoms with van der Waals surface area (Å²) >= 11 is 1.70. The quantitative estimate of drug-likeness (QED) is 0.887. The number of anilines is 2. The number of fused-ring (bicyclic) bond motifs is 1. The molecular weight excluding hydrogens is 272 g/mol. The van der Waals surface area contributed by atoms with E-state index in [1.54, 1.807) is 11.3 Å². The topological polar surface area (TPSA) is 59.1 Å². The molecule has 3 rings (SSSR count). The number of aryl methyl sites for hydroxylation is 1. The summed E-state index contributed by atoms with van der Waals surface area (Å²) < 4.78 is 5.65. The SMILES string of the molecule is CCNc1nc(NCC2CCCO2)c2cc(C)sc2n1. The van der Waals surface area contributed by atoms with Crippen LogP contribution in [0, 0.1) is 6.92 Å². The Labute approximate surface area is 122 Å². The first kappa shape index (κ1) is 13.6. The zero-order valence-corrected chi connectivity index (χ0v) is 12.7. The fourth-order valence-corrected chi connectivity index (χ4v) is 3.31. The van der Waals surface area contributed by atoms with Crippen LogP contribution in [0.1, 0.15) is 24.6 Å². The van der Waals surface area contributed by atoms with Gasteiger partial charge >= 0.3 is 0 Å². The van der Waals surface area contributed by atoms with Crippen molar-refractivity contribution in [2.75, 3.05) is 30.3 Å². The second-order valence-electron chi connectivity index (χ2n) is 5.02. The van der Waals surface area contributed by atoms with Crippen molar-refractivity contribution in [2.24, 2.45) is 0 Å². The lowest BCUT2D eigenvalue weighted by molar-refractivity contribution is 0.120. The molecule has 1 aliphatic heterocycles. The fourth-order valence-electron chi connectivity index (χ4n) is 2.43. The standard InChI is InChI=1S/C14H20N4OS/c1-3-15-14-17-12(16-8-10-5-4-6-19-10)11-7-9(2)20-13(11)18-14/h7,10H,3-6,8H2,1-2H3,(H2,15,16,17,18). The Morgan fingerprint density at radius 3 is 3.05 bits per heavy atom. The van der Waals surface area contributed by atoms with E-state index in [1.807, 2.05) is 6.92 Å². The van der Waals surface area contributed by atoms with Gasteiger partial charge in [0.15, 0.2) is 0 Å². The molecule has 0 aromatic carbocycles. The maximum atomic E-state index is 5.65. The summed E-state index contributed by atoms with van der Waals surface area (Å²) in [4.78, 5) is 11.4. The van der Waals surface area contributed by atoms with E-state index in [4.69, 9.17) is 4.74 Å². The van der Waals surface area contributed by atoms with Crippen LogP contribution >= 0.6 is 11.3 Å². The van der Waals surface area contributed by atoms with Gasteiger partial charge in [0.25, 0.3) is 0 Å². The predicted molar refractivity (Wildman–Crippen MR) is 83.8 cm³/mol. The van der Waals surface area contributed by atoms with Crippen LogP contribution in [0.4, 0.5) is 11.8 Å². The van der Waals surface area contributed by atoms with E-state index in [-0.39, 0.29) is 0 Å². The number of rotatable bonds is 5. The van der Waals surface area contributed by atoms with E-state index < -0.39 is 0 Å². The number of ether oxygens (including phenoxy) is 1. The summed E-state index contributed by atoms with van der Waals surface area (Å²) in [6.07, 6.45) is 2.60. The Hall–Kier alpha value is -1.40. The largest absolute Gasteiger partial charge is 0.376 e. The van der Waals surface area contributed by atoms with E-state index in [0.717, 1.165) is 48.6 Å². The molecule has 1 unspecified atom stereocenters. The molecule has 20 heavy (non-hydrogen) atoms. The molecule has 1 saturated heterocycles. The molecule has 3 heterocycles. The molecule has 2 aromatic rings. The lowest BCUT2D eigenvalue weighted by Crippen LogP contribution is -2.19. The zero-order valence-electron chi connectivity index (χ0n) is 11.9. The predicted octanol–water partition coefficient (Wildman–Crippen LogP) is 3.02. The molecule has 0 bridgehead atoms. The number of hydrogen-bond donors (Lipinski definition) is 2. The highest BCUT2D eigenvalue weighted by Gasteiger charge is 2.17. The van der Waals surface area contributed by atoms with Crippen LogP contribution in [0.5, 0.6) is 0 Å². The van der Waals surface area contributed by atoms with Crippen LogP contribution < -0.4 is 10.6 Å². The third-order valence-electron chi connectivity index (χ3n) is 3.37. The first-order valence-corrected chi connectivity index (χ1v) is 7.95. The van der Waals surface area contributed by atoms with Gasteiger partial charge in [-0.25, -0.2) is 4.98 Å². The van der Waals surface area contributed by atoms with Gasteiger partial charge in [0.1, 0.15) is 10.6 Å². The molecule has 1 fully saturated rings. The van der Waals surface area contributed by atoms with E-state index in [9.17, 15) is 0 Å². The molecule has 6 heteroatoms. The van der Waals surface area contributed by atoms with Crippen molar-refractivity contribution in [3.8, 4) is 0 Å². The number of hydrogen-bond acceptors (Lipinski definition) is 6. The van der Waals surface area contributed by atoms with Crippen LogP contribution in [-0.2, 0) is 4.74 Å². The first-order valence-electron chi connectivity index (χ1n) is 7.14. The van der Waals surface area contributed by atoms with Crippen molar-refractivity contribution in [3.05, 3.63) is 10.9 Å². The van der Waals surface area contributed by atoms with Gasteiger partial charge in [-0.05, 0) is 32.8 Å². The molecule has 0 saturated carbocycles. The third kappa shape index (κ3) is 2.86. The Bertz CT molecular complexity index is 592. The van der Waals surface area contributed by atoms with Gasteiger partial charge in [0.2, 0.25) is 5.95 Å². The average Bonchev–Trinajstić information content (AvgIpc) is 3.04. The van der Waals surface area contributed by atoms with Gasteiger partial charge in [-0.2, -0.15) is 4.98 Å². The van der Waals surface area contributed by atoms with Gasteiger partial charge in [0.05, 0.1) is 11.5 Å². The highest BCUT2D eigenvalue weighted by molar-refractivity contribution is 7.18. The molecule has 1 atom stereocenters. The minimum atomic E-state index is 0.308. The van der Waals surface area contributed by atoms with Crippen molar-refractivity contribution in [3.63, 3.8) is 0 Å². The minimum Gasteiger partial charge on any atom is -0.376 e. The van der Waals surface area contributed by atoms with Gasteiger partial charge in [-0.1, -0.05) is 0 Å². The highest BCUT2D eigenvalue weighted by atomic mass is 32.1. The van der Waals surface area contributed by atoms with Crippen LogP contribution in [0.15, 0.2) is 6.07 Å². The Morgan fingerprint density at radius 1 is 1.40 bits per heavy atom. The summed E-state index contributed by atoms with van der Waals surface area (Å²) in [6.45, 7) is 6.66. The van der Waals surface area contributed by atoms with Gasteiger partial charge < -0.3 is 15.4 Å². The van der Waals surface area contributed by atoms with Crippen molar-refractivity contribution in [2.45, 2.75) is 32.8 Å². The second-order valence-corrected chi connectivity index (χ2v) is 6.25. The van der Waals surface area contributed by atoms with Crippen molar-refractivity contribution in [1.29, 1.82) is 0 Å². The van der Waals surface area contributed by atoms with Crippen molar-refractivity contribution in [1.82, 2.24) is 9.97 Å². The summed E-state index contributed by atoms with van der Waals surface area (Å²) in [5.41, 5.74) is 0. The van der Waals surface area contributed by atoms with E-state index in [1.165, 1.54) is 4.88 Å². The molecule has 0 radical (unpaired) electrons. The molecule has 1 aliphatic rings. The molecule has 108 valence electrons. The summed E-state index contributed by atoms with van der Waals surface area (Å²) in [7, 11) is 0. The molecule has 2 N–H and O–H groups in total. The zero-order chi connectivity index (χ0) is 13.9. The van der Waals surface area contributed by atoms with E-state index in [0.29, 0.717) is 12.1 Å². The molecule has 0 amide bonds. The maximum absolute atomic E-state index is 5.65. The van der Waals surface area contributed by atoms with E-state index in [2.05, 4.69) is 33.6 Å². The average molecular weight is 292 g/mol. The molecular formula is C14H20N4OS. The lowest BCUT2D eigenvalue weighted by Gasteiger charge is -2.13. The Kier molecular flexibility index (Phi) is 4.03. The summed E-state index contributed by atoms with van der Waals surface area (Å²) in [5.74, 6) is 1.60. The Morgan fingerprint density at radius 2 is 2.30 bits per heavy atom. The molecule has 5 nitrogen and oxygen atoms in total. The summed E-state index contributed by atoms with van der Waals surface area (Å²) in [6, 6.07) is 2.15. The third-order valence-corrected chi connectivity index (χ3v) is 4.32. The number of nitrogens with one attached hydrogen (secondary N) is 2.